The molecule has 1 atom stereocenters. The van der Waals surface area contributed by atoms with Crippen molar-refractivity contribution >= 4 is 38.3 Å². The highest BCUT2D eigenvalue weighted by atomic mass is 35.5. The maximum absolute atomic E-state index is 5.98. The van der Waals surface area contributed by atoms with Gasteiger partial charge in [-0.3, -0.25) is 0 Å². The summed E-state index contributed by atoms with van der Waals surface area (Å²) >= 11 is 7.68. The molecule has 0 aliphatic carbocycles. The third-order valence-electron chi connectivity index (χ3n) is 3.71. The van der Waals surface area contributed by atoms with E-state index in [1.54, 1.807) is 11.3 Å². The van der Waals surface area contributed by atoms with Gasteiger partial charge in [-0.15, -0.1) is 0 Å². The maximum atomic E-state index is 5.98. The minimum absolute atomic E-state index is 0.746. The molecule has 1 unspecified atom stereocenters. The van der Waals surface area contributed by atoms with Gasteiger partial charge in [-0.25, -0.2) is 4.98 Å². The van der Waals surface area contributed by atoms with Crippen LogP contribution in [0.15, 0.2) is 18.2 Å². The average molecular weight is 296 g/mol. The number of benzene rings is 1. The van der Waals surface area contributed by atoms with Crippen molar-refractivity contribution in [2.75, 3.05) is 31.5 Å². The lowest BCUT2D eigenvalue weighted by molar-refractivity contribution is 0.345. The van der Waals surface area contributed by atoms with Crippen molar-refractivity contribution < 1.29 is 0 Å². The molecule has 1 N–H and O–H groups in total. The second kappa shape index (κ2) is 5.65. The van der Waals surface area contributed by atoms with Crippen LogP contribution in [-0.2, 0) is 0 Å². The van der Waals surface area contributed by atoms with Gasteiger partial charge < -0.3 is 10.2 Å². The molecule has 1 aromatic carbocycles. The number of aromatic nitrogens is 1. The molecular formula is C14H18ClN3S. The monoisotopic (exact) mass is 295 g/mol. The fourth-order valence-corrected chi connectivity index (χ4v) is 3.59. The smallest absolute Gasteiger partial charge is 0.183 e. The molecule has 3 rings (SSSR count). The summed E-state index contributed by atoms with van der Waals surface area (Å²) in [6.45, 7) is 6.85. The summed E-state index contributed by atoms with van der Waals surface area (Å²) in [5, 5.41) is 5.23. The molecule has 1 aliphatic rings. The molecule has 1 aromatic heterocycles. The van der Waals surface area contributed by atoms with Gasteiger partial charge >= 0.3 is 0 Å². The normalized spacial score (nSPS) is 20.2. The molecule has 5 heteroatoms. The first-order valence-corrected chi connectivity index (χ1v) is 7.96. The zero-order valence-corrected chi connectivity index (χ0v) is 12.6. The van der Waals surface area contributed by atoms with Crippen molar-refractivity contribution in [2.45, 2.75) is 13.3 Å². The molecule has 2 aromatic rings. The van der Waals surface area contributed by atoms with Crippen molar-refractivity contribution in [3.63, 3.8) is 0 Å². The summed E-state index contributed by atoms with van der Waals surface area (Å²) in [6.07, 6.45) is 1.29. The number of nitrogens with one attached hydrogen (secondary N) is 1. The number of thiazole rings is 1. The Bertz CT molecular complexity index is 569. The SMILES string of the molecule is CCN1CCC(CNc2nc3cc(Cl)ccc3s2)C1. The zero-order chi connectivity index (χ0) is 13.2. The van der Waals surface area contributed by atoms with Crippen molar-refractivity contribution in [3.05, 3.63) is 23.2 Å². The van der Waals surface area contributed by atoms with Crippen LogP contribution in [0.25, 0.3) is 10.2 Å². The van der Waals surface area contributed by atoms with Crippen LogP contribution in [0.2, 0.25) is 5.02 Å². The van der Waals surface area contributed by atoms with E-state index in [-0.39, 0.29) is 0 Å². The second-order valence-electron chi connectivity index (χ2n) is 5.06. The summed E-state index contributed by atoms with van der Waals surface area (Å²) in [4.78, 5) is 7.09. The van der Waals surface area contributed by atoms with Gasteiger partial charge in [0.05, 0.1) is 10.2 Å². The topological polar surface area (TPSA) is 28.2 Å². The van der Waals surface area contributed by atoms with Gasteiger partial charge in [0.25, 0.3) is 0 Å². The molecule has 0 amide bonds. The van der Waals surface area contributed by atoms with E-state index >= 15 is 0 Å². The molecule has 1 saturated heterocycles. The Kier molecular flexibility index (Phi) is 3.91. The van der Waals surface area contributed by atoms with Crippen molar-refractivity contribution in [2.24, 2.45) is 5.92 Å². The molecule has 0 saturated carbocycles. The van der Waals surface area contributed by atoms with Crippen LogP contribution >= 0.6 is 22.9 Å². The minimum Gasteiger partial charge on any atom is -0.361 e. The molecule has 0 bridgehead atoms. The zero-order valence-electron chi connectivity index (χ0n) is 11.0. The predicted molar refractivity (Wildman–Crippen MR) is 83.3 cm³/mol. The summed E-state index contributed by atoms with van der Waals surface area (Å²) in [6, 6.07) is 5.88. The lowest BCUT2D eigenvalue weighted by Gasteiger charge is -2.13. The summed E-state index contributed by atoms with van der Waals surface area (Å²) < 4.78 is 1.19. The Morgan fingerprint density at radius 2 is 2.42 bits per heavy atom. The summed E-state index contributed by atoms with van der Waals surface area (Å²) in [5.41, 5.74) is 0.988. The summed E-state index contributed by atoms with van der Waals surface area (Å²) in [7, 11) is 0. The third-order valence-corrected chi connectivity index (χ3v) is 4.94. The number of likely N-dealkylation sites (tertiary alicyclic amines) is 1. The van der Waals surface area contributed by atoms with E-state index in [2.05, 4.69) is 22.1 Å². The molecular weight excluding hydrogens is 278 g/mol. The average Bonchev–Trinajstić information content (AvgIpc) is 3.01. The molecule has 102 valence electrons. The number of rotatable bonds is 4. The van der Waals surface area contributed by atoms with E-state index in [1.165, 1.54) is 24.2 Å². The van der Waals surface area contributed by atoms with Gasteiger partial charge in [-0.1, -0.05) is 29.9 Å². The highest BCUT2D eigenvalue weighted by Crippen LogP contribution is 2.28. The molecule has 1 aliphatic heterocycles. The van der Waals surface area contributed by atoms with Gasteiger partial charge in [0, 0.05) is 18.1 Å². The molecule has 0 spiro atoms. The van der Waals surface area contributed by atoms with E-state index in [1.807, 2.05) is 18.2 Å². The minimum atomic E-state index is 0.746. The Morgan fingerprint density at radius 3 is 3.21 bits per heavy atom. The van der Waals surface area contributed by atoms with E-state index in [9.17, 15) is 0 Å². The highest BCUT2D eigenvalue weighted by molar-refractivity contribution is 7.22. The number of halogens is 1. The number of fused-ring (bicyclic) bond motifs is 1. The third kappa shape index (κ3) is 3.02. The lowest BCUT2D eigenvalue weighted by atomic mass is 10.1. The van der Waals surface area contributed by atoms with Crippen LogP contribution in [0.5, 0.6) is 0 Å². The van der Waals surface area contributed by atoms with E-state index in [4.69, 9.17) is 11.6 Å². The number of nitrogens with zero attached hydrogens (tertiary/aromatic N) is 2. The van der Waals surface area contributed by atoms with Gasteiger partial charge in [-0.05, 0) is 43.6 Å². The maximum Gasteiger partial charge on any atom is 0.183 e. The quantitative estimate of drug-likeness (QED) is 0.932. The van der Waals surface area contributed by atoms with Gasteiger partial charge in [0.15, 0.2) is 5.13 Å². The second-order valence-corrected chi connectivity index (χ2v) is 6.53. The molecule has 2 heterocycles. The first-order valence-electron chi connectivity index (χ1n) is 6.77. The largest absolute Gasteiger partial charge is 0.361 e. The number of hydrogen-bond acceptors (Lipinski definition) is 4. The van der Waals surface area contributed by atoms with Gasteiger partial charge in [-0.2, -0.15) is 0 Å². The Morgan fingerprint density at radius 1 is 1.53 bits per heavy atom. The van der Waals surface area contributed by atoms with Crippen LogP contribution in [0.4, 0.5) is 5.13 Å². The lowest BCUT2D eigenvalue weighted by Crippen LogP contribution is -2.22. The Labute approximate surface area is 122 Å². The fourth-order valence-electron chi connectivity index (χ4n) is 2.57. The fraction of sp³-hybridized carbons (Fsp3) is 0.500. The predicted octanol–water partition coefficient (Wildman–Crippen LogP) is 3.70. The first kappa shape index (κ1) is 13.2. The van der Waals surface area contributed by atoms with Crippen LogP contribution in [0, 0.1) is 5.92 Å². The van der Waals surface area contributed by atoms with Crippen molar-refractivity contribution in [3.8, 4) is 0 Å². The Balaban J connectivity index is 1.62. The molecule has 1 fully saturated rings. The van der Waals surface area contributed by atoms with Gasteiger partial charge in [0.2, 0.25) is 0 Å². The van der Waals surface area contributed by atoms with E-state index in [0.717, 1.165) is 34.7 Å². The van der Waals surface area contributed by atoms with Gasteiger partial charge in [0.1, 0.15) is 0 Å². The van der Waals surface area contributed by atoms with E-state index in [0.29, 0.717) is 0 Å². The van der Waals surface area contributed by atoms with Crippen LogP contribution in [0.3, 0.4) is 0 Å². The number of hydrogen-bond donors (Lipinski definition) is 1. The van der Waals surface area contributed by atoms with Crippen LogP contribution < -0.4 is 5.32 Å². The van der Waals surface area contributed by atoms with E-state index < -0.39 is 0 Å². The molecule has 3 nitrogen and oxygen atoms in total. The van der Waals surface area contributed by atoms with Crippen LogP contribution in [0.1, 0.15) is 13.3 Å². The summed E-state index contributed by atoms with van der Waals surface area (Å²) in [5.74, 6) is 0.746. The highest BCUT2D eigenvalue weighted by Gasteiger charge is 2.20. The van der Waals surface area contributed by atoms with Crippen molar-refractivity contribution in [1.29, 1.82) is 0 Å². The number of anilines is 1. The Hall–Kier alpha value is -0.840. The molecule has 0 radical (unpaired) electrons. The standard InChI is InChI=1S/C14H18ClN3S/c1-2-18-6-5-10(9-18)8-16-14-17-12-7-11(15)3-4-13(12)19-14/h3-4,7,10H,2,5-6,8-9H2,1H3,(H,16,17). The van der Waals surface area contributed by atoms with Crippen molar-refractivity contribution in [1.82, 2.24) is 9.88 Å². The van der Waals surface area contributed by atoms with Crippen LogP contribution in [-0.4, -0.2) is 36.1 Å². The first-order chi connectivity index (χ1) is 9.24. The molecule has 19 heavy (non-hydrogen) atoms.